The van der Waals surface area contributed by atoms with E-state index < -0.39 is 11.7 Å². The normalized spacial score (nSPS) is 20.8. The molecule has 0 bridgehead atoms. The lowest BCUT2D eigenvalue weighted by molar-refractivity contribution is -0.137. The van der Waals surface area contributed by atoms with Crippen molar-refractivity contribution in [3.8, 4) is 0 Å². The van der Waals surface area contributed by atoms with Gasteiger partial charge in [0.1, 0.15) is 0 Å². The lowest BCUT2D eigenvalue weighted by atomic mass is 10.1. The standard InChI is InChI=1S/C12H13BrF3NO/c13-10-6-8(12(14,15)16)3-4-11(10)17-9-2-1-5-18-7-9/h3-4,6,9,17H,1-2,5,7H2. The van der Waals surface area contributed by atoms with Crippen LogP contribution in [0.25, 0.3) is 0 Å². The summed E-state index contributed by atoms with van der Waals surface area (Å²) in [6.07, 6.45) is -2.38. The molecule has 1 fully saturated rings. The molecule has 18 heavy (non-hydrogen) atoms. The lowest BCUT2D eigenvalue weighted by Crippen LogP contribution is -2.30. The molecule has 0 radical (unpaired) electrons. The van der Waals surface area contributed by atoms with Crippen LogP contribution in [0.3, 0.4) is 0 Å². The van der Waals surface area contributed by atoms with Gasteiger partial charge in [-0.2, -0.15) is 13.2 Å². The van der Waals surface area contributed by atoms with Crippen molar-refractivity contribution in [2.45, 2.75) is 25.1 Å². The molecule has 1 aliphatic rings. The Balaban J connectivity index is 2.09. The Kier molecular flexibility index (Phi) is 4.17. The molecule has 1 heterocycles. The van der Waals surface area contributed by atoms with E-state index in [1.165, 1.54) is 6.07 Å². The highest BCUT2D eigenvalue weighted by molar-refractivity contribution is 9.10. The molecule has 1 saturated heterocycles. The molecule has 2 nitrogen and oxygen atoms in total. The van der Waals surface area contributed by atoms with Crippen molar-refractivity contribution >= 4 is 21.6 Å². The van der Waals surface area contributed by atoms with Gasteiger partial charge in [0.2, 0.25) is 0 Å². The average Bonchev–Trinajstić information content (AvgIpc) is 2.32. The Morgan fingerprint density at radius 2 is 2.11 bits per heavy atom. The predicted octanol–water partition coefficient (Wildman–Crippen LogP) is 4.06. The first kappa shape index (κ1) is 13.7. The van der Waals surface area contributed by atoms with Crippen LogP contribution in [-0.2, 0) is 10.9 Å². The van der Waals surface area contributed by atoms with Gasteiger partial charge in [-0.05, 0) is 47.0 Å². The number of benzene rings is 1. The van der Waals surface area contributed by atoms with Crippen LogP contribution < -0.4 is 5.32 Å². The highest BCUT2D eigenvalue weighted by Crippen LogP contribution is 2.34. The number of hydrogen-bond donors (Lipinski definition) is 1. The summed E-state index contributed by atoms with van der Waals surface area (Å²) >= 11 is 3.16. The first-order valence-electron chi connectivity index (χ1n) is 5.68. The summed E-state index contributed by atoms with van der Waals surface area (Å²) in [6.45, 7) is 1.35. The average molecular weight is 324 g/mol. The van der Waals surface area contributed by atoms with E-state index in [-0.39, 0.29) is 6.04 Å². The van der Waals surface area contributed by atoms with E-state index in [2.05, 4.69) is 21.2 Å². The van der Waals surface area contributed by atoms with Gasteiger partial charge in [0, 0.05) is 22.8 Å². The van der Waals surface area contributed by atoms with Crippen LogP contribution in [0, 0.1) is 0 Å². The fourth-order valence-electron chi connectivity index (χ4n) is 1.88. The van der Waals surface area contributed by atoms with Crippen molar-refractivity contribution in [1.29, 1.82) is 0 Å². The minimum absolute atomic E-state index is 0.159. The summed E-state index contributed by atoms with van der Waals surface area (Å²) in [5.41, 5.74) is 0.0123. The van der Waals surface area contributed by atoms with E-state index in [4.69, 9.17) is 4.74 Å². The molecule has 0 saturated carbocycles. The molecule has 100 valence electrons. The van der Waals surface area contributed by atoms with Crippen molar-refractivity contribution in [1.82, 2.24) is 0 Å². The summed E-state index contributed by atoms with van der Waals surface area (Å²) in [6, 6.07) is 3.77. The smallest absolute Gasteiger partial charge is 0.379 e. The predicted molar refractivity (Wildman–Crippen MR) is 66.6 cm³/mol. The van der Waals surface area contributed by atoms with E-state index in [9.17, 15) is 13.2 Å². The van der Waals surface area contributed by atoms with Crippen molar-refractivity contribution in [3.05, 3.63) is 28.2 Å². The molecule has 1 aromatic rings. The number of halogens is 4. The maximum Gasteiger partial charge on any atom is 0.416 e. The van der Waals surface area contributed by atoms with E-state index in [1.54, 1.807) is 0 Å². The molecule has 1 atom stereocenters. The Morgan fingerprint density at radius 1 is 1.33 bits per heavy atom. The first-order chi connectivity index (χ1) is 8.47. The SMILES string of the molecule is FC(F)(F)c1ccc(NC2CCCOC2)c(Br)c1. The minimum atomic E-state index is -4.31. The molecule has 1 N–H and O–H groups in total. The molecule has 0 aromatic heterocycles. The van der Waals surface area contributed by atoms with Gasteiger partial charge in [-0.1, -0.05) is 0 Å². The summed E-state index contributed by atoms with van der Waals surface area (Å²) in [4.78, 5) is 0. The van der Waals surface area contributed by atoms with Gasteiger partial charge in [0.05, 0.1) is 12.2 Å². The maximum atomic E-state index is 12.5. The Bertz CT molecular complexity index is 416. The number of ether oxygens (including phenoxy) is 1. The third-order valence-corrected chi connectivity index (χ3v) is 3.47. The van der Waals surface area contributed by atoms with E-state index in [0.717, 1.165) is 31.6 Å². The minimum Gasteiger partial charge on any atom is -0.379 e. The fourth-order valence-corrected chi connectivity index (χ4v) is 2.38. The number of rotatable bonds is 2. The molecule has 1 aliphatic heterocycles. The van der Waals surface area contributed by atoms with Crippen molar-refractivity contribution in [2.24, 2.45) is 0 Å². The number of anilines is 1. The van der Waals surface area contributed by atoms with Gasteiger partial charge in [-0.15, -0.1) is 0 Å². The van der Waals surface area contributed by atoms with Crippen LogP contribution in [0.5, 0.6) is 0 Å². The molecule has 0 spiro atoms. The maximum absolute atomic E-state index is 12.5. The van der Waals surface area contributed by atoms with Gasteiger partial charge in [0.25, 0.3) is 0 Å². The van der Waals surface area contributed by atoms with Crippen LogP contribution in [0.2, 0.25) is 0 Å². The van der Waals surface area contributed by atoms with Gasteiger partial charge < -0.3 is 10.1 Å². The van der Waals surface area contributed by atoms with Gasteiger partial charge in [-0.25, -0.2) is 0 Å². The fraction of sp³-hybridized carbons (Fsp3) is 0.500. The number of alkyl halides is 3. The zero-order valence-electron chi connectivity index (χ0n) is 9.56. The zero-order chi connectivity index (χ0) is 13.2. The van der Waals surface area contributed by atoms with Gasteiger partial charge in [0.15, 0.2) is 0 Å². The number of nitrogens with one attached hydrogen (secondary N) is 1. The monoisotopic (exact) mass is 323 g/mol. The van der Waals surface area contributed by atoms with Crippen molar-refractivity contribution in [2.75, 3.05) is 18.5 Å². The molecule has 0 aliphatic carbocycles. The van der Waals surface area contributed by atoms with Crippen molar-refractivity contribution in [3.63, 3.8) is 0 Å². The molecule has 6 heteroatoms. The topological polar surface area (TPSA) is 21.3 Å². The first-order valence-corrected chi connectivity index (χ1v) is 6.47. The van der Waals surface area contributed by atoms with Crippen molar-refractivity contribution < 1.29 is 17.9 Å². The third-order valence-electron chi connectivity index (χ3n) is 2.82. The van der Waals surface area contributed by atoms with E-state index in [1.807, 2.05) is 0 Å². The summed E-state index contributed by atoms with van der Waals surface area (Å²) in [7, 11) is 0. The lowest BCUT2D eigenvalue weighted by Gasteiger charge is -2.25. The Hall–Kier alpha value is -0.750. The highest BCUT2D eigenvalue weighted by atomic mass is 79.9. The summed E-state index contributed by atoms with van der Waals surface area (Å²) in [5.74, 6) is 0. The third kappa shape index (κ3) is 3.38. The molecule has 1 aromatic carbocycles. The molecule has 0 amide bonds. The summed E-state index contributed by atoms with van der Waals surface area (Å²) in [5, 5.41) is 3.19. The second-order valence-electron chi connectivity index (χ2n) is 4.25. The van der Waals surface area contributed by atoms with Crippen LogP contribution in [0.15, 0.2) is 22.7 Å². The Morgan fingerprint density at radius 3 is 2.67 bits per heavy atom. The highest BCUT2D eigenvalue weighted by Gasteiger charge is 2.31. The zero-order valence-corrected chi connectivity index (χ0v) is 11.1. The van der Waals surface area contributed by atoms with Crippen LogP contribution >= 0.6 is 15.9 Å². The molecular weight excluding hydrogens is 311 g/mol. The summed E-state index contributed by atoms with van der Waals surface area (Å²) < 4.78 is 43.2. The molecule has 1 unspecified atom stereocenters. The Labute approximate surface area is 112 Å². The quantitative estimate of drug-likeness (QED) is 0.886. The van der Waals surface area contributed by atoms with Gasteiger partial charge >= 0.3 is 6.18 Å². The van der Waals surface area contributed by atoms with Crippen LogP contribution in [-0.4, -0.2) is 19.3 Å². The van der Waals surface area contributed by atoms with Crippen LogP contribution in [0.4, 0.5) is 18.9 Å². The second kappa shape index (κ2) is 5.48. The van der Waals surface area contributed by atoms with E-state index >= 15 is 0 Å². The molecular formula is C12H13BrF3NO. The second-order valence-corrected chi connectivity index (χ2v) is 5.11. The molecule has 2 rings (SSSR count). The van der Waals surface area contributed by atoms with Gasteiger partial charge in [-0.3, -0.25) is 0 Å². The largest absolute Gasteiger partial charge is 0.416 e. The van der Waals surface area contributed by atoms with Crippen LogP contribution in [0.1, 0.15) is 18.4 Å². The number of hydrogen-bond acceptors (Lipinski definition) is 2. The van der Waals surface area contributed by atoms with E-state index in [0.29, 0.717) is 16.8 Å².